The number of rotatable bonds is 6. The number of aryl methyl sites for hydroxylation is 1. The minimum Gasteiger partial charge on any atom is -0.435 e. The van der Waals surface area contributed by atoms with Crippen molar-refractivity contribution < 1.29 is 22.0 Å². The van der Waals surface area contributed by atoms with Crippen LogP contribution in [0.3, 0.4) is 0 Å². The Kier molecular flexibility index (Phi) is 6.42. The van der Waals surface area contributed by atoms with E-state index in [2.05, 4.69) is 20.5 Å². The van der Waals surface area contributed by atoms with Crippen LogP contribution in [0.1, 0.15) is 36.8 Å². The van der Waals surface area contributed by atoms with E-state index in [0.29, 0.717) is 22.5 Å². The summed E-state index contributed by atoms with van der Waals surface area (Å²) in [4.78, 5) is 4.40. The lowest BCUT2D eigenvalue weighted by Gasteiger charge is -2.14. The van der Waals surface area contributed by atoms with Crippen LogP contribution in [0.4, 0.5) is 17.6 Å². The number of benzene rings is 3. The zero-order valence-corrected chi connectivity index (χ0v) is 21.1. The molecule has 1 fully saturated rings. The van der Waals surface area contributed by atoms with Crippen LogP contribution in [-0.4, -0.2) is 25.8 Å². The maximum Gasteiger partial charge on any atom is 0.420 e. The third-order valence-electron chi connectivity index (χ3n) is 7.19. The Morgan fingerprint density at radius 2 is 1.79 bits per heavy atom. The molecule has 200 valence electrons. The first-order valence-electron chi connectivity index (χ1n) is 12.8. The number of halogens is 4. The van der Waals surface area contributed by atoms with Crippen LogP contribution in [0.5, 0.6) is 0 Å². The first kappa shape index (κ1) is 25.2. The van der Waals surface area contributed by atoms with Crippen LogP contribution in [0.2, 0.25) is 0 Å². The van der Waals surface area contributed by atoms with Crippen LogP contribution in [0.25, 0.3) is 45.1 Å². The summed E-state index contributed by atoms with van der Waals surface area (Å²) in [6.45, 7) is 0.272. The van der Waals surface area contributed by atoms with Gasteiger partial charge in [-0.15, -0.1) is 10.2 Å². The Morgan fingerprint density at radius 3 is 2.49 bits per heavy atom. The zero-order valence-electron chi connectivity index (χ0n) is 21.1. The number of fused-ring (bicyclic) bond motifs is 1. The van der Waals surface area contributed by atoms with Gasteiger partial charge in [0.15, 0.2) is 11.4 Å². The van der Waals surface area contributed by atoms with E-state index < -0.39 is 23.1 Å². The average Bonchev–Trinajstić information content (AvgIpc) is 3.67. The highest BCUT2D eigenvalue weighted by Crippen LogP contribution is 2.43. The molecule has 1 N–H and O–H groups in total. The fraction of sp³-hybridized carbons (Fsp3) is 0.276. The molecule has 2 aromatic heterocycles. The topological polar surface area (TPSA) is 68.8 Å². The molecular weight excluding hydrogens is 510 g/mol. The zero-order chi connectivity index (χ0) is 27.1. The SMILES string of the molecule is Cn1cnnc1-c1c(-c2ccccc2)ccc(F)c1-c1nc2cc(CNC3CCCC3)cc(C(F)(F)F)c2o1. The predicted octanol–water partition coefficient (Wildman–Crippen LogP) is 7.15. The molecule has 0 radical (unpaired) electrons. The van der Waals surface area contributed by atoms with E-state index in [0.717, 1.165) is 37.3 Å². The van der Waals surface area contributed by atoms with Crippen molar-refractivity contribution in [1.29, 1.82) is 0 Å². The van der Waals surface area contributed by atoms with Gasteiger partial charge >= 0.3 is 6.18 Å². The van der Waals surface area contributed by atoms with E-state index in [1.54, 1.807) is 23.7 Å². The maximum atomic E-state index is 15.6. The summed E-state index contributed by atoms with van der Waals surface area (Å²) in [5, 5.41) is 11.5. The summed E-state index contributed by atoms with van der Waals surface area (Å²) < 4.78 is 65.5. The molecule has 3 aromatic carbocycles. The van der Waals surface area contributed by atoms with Crippen LogP contribution in [0, 0.1) is 5.82 Å². The smallest absolute Gasteiger partial charge is 0.420 e. The molecule has 0 unspecified atom stereocenters. The number of nitrogens with one attached hydrogen (secondary N) is 1. The molecule has 1 aliphatic rings. The first-order chi connectivity index (χ1) is 18.8. The number of hydrogen-bond acceptors (Lipinski definition) is 5. The molecular formula is C29H25F4N5O. The van der Waals surface area contributed by atoms with E-state index in [1.807, 2.05) is 30.3 Å². The fourth-order valence-electron chi connectivity index (χ4n) is 5.29. The van der Waals surface area contributed by atoms with Crippen molar-refractivity contribution in [3.63, 3.8) is 0 Å². The molecule has 1 saturated carbocycles. The Hall–Kier alpha value is -4.05. The van der Waals surface area contributed by atoms with Crippen molar-refractivity contribution >= 4 is 11.1 Å². The van der Waals surface area contributed by atoms with Crippen LogP contribution in [0.15, 0.2) is 65.3 Å². The normalized spacial score (nSPS) is 14.5. The summed E-state index contributed by atoms with van der Waals surface area (Å²) >= 11 is 0. The third-order valence-corrected chi connectivity index (χ3v) is 7.19. The molecule has 10 heteroatoms. The van der Waals surface area contributed by atoms with E-state index >= 15 is 4.39 Å². The largest absolute Gasteiger partial charge is 0.435 e. The summed E-state index contributed by atoms with van der Waals surface area (Å²) in [5.41, 5.74) is 0.696. The fourth-order valence-corrected chi connectivity index (χ4v) is 5.29. The van der Waals surface area contributed by atoms with Crippen molar-refractivity contribution in [1.82, 2.24) is 25.1 Å². The minimum atomic E-state index is -4.69. The predicted molar refractivity (Wildman–Crippen MR) is 139 cm³/mol. The van der Waals surface area contributed by atoms with Gasteiger partial charge in [0.2, 0.25) is 5.89 Å². The Balaban J connectivity index is 1.54. The summed E-state index contributed by atoms with van der Waals surface area (Å²) in [5.74, 6) is -0.635. The van der Waals surface area contributed by atoms with Crippen molar-refractivity contribution in [3.8, 4) is 34.0 Å². The summed E-state index contributed by atoms with van der Waals surface area (Å²) in [6, 6.07) is 15.1. The number of aromatic nitrogens is 4. The number of alkyl halides is 3. The molecule has 2 heterocycles. The lowest BCUT2D eigenvalue weighted by atomic mass is 9.94. The Labute approximate surface area is 221 Å². The van der Waals surface area contributed by atoms with Gasteiger partial charge in [-0.1, -0.05) is 49.2 Å². The molecule has 39 heavy (non-hydrogen) atoms. The number of hydrogen-bond donors (Lipinski definition) is 1. The molecule has 0 bridgehead atoms. The first-order valence-corrected chi connectivity index (χ1v) is 12.8. The standard InChI is InChI=1S/C29H25F4N5O/c1-38-16-35-37-27(38)24-20(18-7-3-2-4-8-18)11-12-22(30)25(24)28-36-23-14-17(15-34-19-9-5-6-10-19)13-21(26(23)39-28)29(31,32)33/h2-4,7-8,11-14,16,19,34H,5-6,9-10,15H2,1H3. The lowest BCUT2D eigenvalue weighted by Crippen LogP contribution is -2.25. The summed E-state index contributed by atoms with van der Waals surface area (Å²) in [6.07, 6.45) is 1.01. The van der Waals surface area contributed by atoms with Crippen molar-refractivity contribution in [3.05, 3.63) is 77.9 Å². The highest BCUT2D eigenvalue weighted by Gasteiger charge is 2.36. The quantitative estimate of drug-likeness (QED) is 0.234. The summed E-state index contributed by atoms with van der Waals surface area (Å²) in [7, 11) is 1.70. The van der Waals surface area contributed by atoms with Gasteiger partial charge in [-0.25, -0.2) is 9.37 Å². The van der Waals surface area contributed by atoms with E-state index in [-0.39, 0.29) is 29.6 Å². The van der Waals surface area contributed by atoms with Crippen LogP contribution in [-0.2, 0) is 19.8 Å². The molecule has 0 amide bonds. The molecule has 6 rings (SSSR count). The maximum absolute atomic E-state index is 15.6. The van der Waals surface area contributed by atoms with Gasteiger partial charge in [0.1, 0.15) is 23.2 Å². The van der Waals surface area contributed by atoms with Crippen molar-refractivity contribution in [2.45, 2.75) is 44.4 Å². The number of oxazole rings is 1. The van der Waals surface area contributed by atoms with E-state index in [4.69, 9.17) is 4.42 Å². The molecule has 6 nitrogen and oxygen atoms in total. The van der Waals surface area contributed by atoms with Crippen LogP contribution < -0.4 is 5.32 Å². The average molecular weight is 536 g/mol. The van der Waals surface area contributed by atoms with E-state index in [9.17, 15) is 13.2 Å². The second-order valence-corrected chi connectivity index (χ2v) is 9.85. The molecule has 0 aliphatic heterocycles. The Morgan fingerprint density at radius 1 is 1.03 bits per heavy atom. The van der Waals surface area contributed by atoms with Crippen molar-refractivity contribution in [2.24, 2.45) is 7.05 Å². The van der Waals surface area contributed by atoms with Gasteiger partial charge in [-0.2, -0.15) is 13.2 Å². The third kappa shape index (κ3) is 4.80. The minimum absolute atomic E-state index is 0.0106. The molecule has 0 saturated heterocycles. The van der Waals surface area contributed by atoms with Gasteiger partial charge in [-0.3, -0.25) is 0 Å². The monoisotopic (exact) mass is 535 g/mol. The molecule has 5 aromatic rings. The molecule has 1 aliphatic carbocycles. The van der Waals surface area contributed by atoms with E-state index in [1.165, 1.54) is 12.4 Å². The van der Waals surface area contributed by atoms with Gasteiger partial charge in [0.05, 0.1) is 5.56 Å². The molecule has 0 spiro atoms. The highest BCUT2D eigenvalue weighted by molar-refractivity contribution is 5.92. The number of nitrogens with zero attached hydrogens (tertiary/aromatic N) is 4. The van der Waals surface area contributed by atoms with Crippen LogP contribution >= 0.6 is 0 Å². The van der Waals surface area contributed by atoms with Crippen molar-refractivity contribution in [2.75, 3.05) is 0 Å². The second kappa shape index (κ2) is 9.92. The van der Waals surface area contributed by atoms with Gasteiger partial charge in [0.25, 0.3) is 0 Å². The highest BCUT2D eigenvalue weighted by atomic mass is 19.4. The lowest BCUT2D eigenvalue weighted by molar-refractivity contribution is -0.136. The second-order valence-electron chi connectivity index (χ2n) is 9.85. The molecule has 0 atom stereocenters. The Bertz CT molecular complexity index is 1640. The van der Waals surface area contributed by atoms with Gasteiger partial charge in [0, 0.05) is 25.2 Å². The van der Waals surface area contributed by atoms with Gasteiger partial charge < -0.3 is 14.3 Å². The van der Waals surface area contributed by atoms with Gasteiger partial charge in [-0.05, 0) is 47.7 Å².